The van der Waals surface area contributed by atoms with Gasteiger partial charge >= 0.3 is 47.3 Å². The number of nitrogens with zero attached hydrogens (tertiary/aromatic N) is 3. The Bertz CT molecular complexity index is 2430. The van der Waals surface area contributed by atoms with Crippen molar-refractivity contribution < 1.29 is 52.8 Å². The number of rotatable bonds is 21. The third kappa shape index (κ3) is 17.9. The van der Waals surface area contributed by atoms with Crippen LogP contribution in [0.2, 0.25) is 0 Å². The molecule has 0 bridgehead atoms. The highest BCUT2D eigenvalue weighted by Crippen LogP contribution is 2.51. The molecule has 3 amide bonds. The number of ether oxygens (including phenoxy) is 5. The van der Waals surface area contributed by atoms with Crippen molar-refractivity contribution >= 4 is 30.2 Å². The van der Waals surface area contributed by atoms with Crippen molar-refractivity contribution in [3.8, 4) is 0 Å². The molecule has 0 aliphatic heterocycles. The van der Waals surface area contributed by atoms with Gasteiger partial charge in [-0.1, -0.05) is 75.5 Å². The molecule has 20 nitrogen and oxygen atoms in total. The van der Waals surface area contributed by atoms with Gasteiger partial charge in [0.2, 0.25) is 0 Å². The highest BCUT2D eigenvalue weighted by atomic mass is 16.6. The van der Waals surface area contributed by atoms with Crippen LogP contribution in [-0.2, 0) is 46.4 Å². The Balaban J connectivity index is 1.74. The SMILES string of the molecule is C=C(C)C(=O)OCCOC(=O)NCC1(C)CC(n2c(=O)n(CC3(C)CC(NC(=O)OCCOC(=O)C(=C)C)CC(C)(C)C3)c(=O)n(CC3(C)CC(NC(=O)OC(C)(C)CCCO)CC(C)(C)C3)c2=O)CC(C)(C)C1. The first-order chi connectivity index (χ1) is 34.0. The molecule has 0 aromatic carbocycles. The summed E-state index contributed by atoms with van der Waals surface area (Å²) in [7, 11) is 0. The number of amides is 3. The predicted octanol–water partition coefficient (Wildman–Crippen LogP) is 7.07. The molecule has 1 aromatic rings. The zero-order chi connectivity index (χ0) is 55.8. The Morgan fingerprint density at radius 3 is 1.47 bits per heavy atom. The van der Waals surface area contributed by atoms with Gasteiger partial charge in [0.05, 0.1) is 0 Å². The number of carbonyl (C=O) groups excluding carboxylic acids is 5. The molecule has 3 aliphatic rings. The summed E-state index contributed by atoms with van der Waals surface area (Å²) >= 11 is 0. The van der Waals surface area contributed by atoms with Crippen molar-refractivity contribution in [2.24, 2.45) is 32.5 Å². The Morgan fingerprint density at radius 2 is 1.01 bits per heavy atom. The van der Waals surface area contributed by atoms with Gasteiger partial charge < -0.3 is 44.7 Å². The van der Waals surface area contributed by atoms with Gasteiger partial charge in [-0.05, 0) is 131 Å². The van der Waals surface area contributed by atoms with E-state index in [9.17, 15) is 29.1 Å². The van der Waals surface area contributed by atoms with Crippen LogP contribution in [0.3, 0.4) is 0 Å². The van der Waals surface area contributed by atoms with E-state index in [2.05, 4.69) is 56.8 Å². The summed E-state index contributed by atoms with van der Waals surface area (Å²) < 4.78 is 30.1. The van der Waals surface area contributed by atoms with Crippen molar-refractivity contribution in [2.75, 3.05) is 39.6 Å². The summed E-state index contributed by atoms with van der Waals surface area (Å²) in [5.74, 6) is -1.20. The van der Waals surface area contributed by atoms with Crippen molar-refractivity contribution in [2.45, 2.75) is 197 Å². The monoisotopic (exact) mass is 1040 g/mol. The van der Waals surface area contributed by atoms with Crippen molar-refractivity contribution in [1.82, 2.24) is 29.7 Å². The molecule has 0 saturated heterocycles. The molecule has 6 atom stereocenters. The van der Waals surface area contributed by atoms with Crippen molar-refractivity contribution in [1.29, 1.82) is 0 Å². The number of nitrogens with one attached hydrogen (secondary N) is 3. The summed E-state index contributed by atoms with van der Waals surface area (Å²) in [5.41, 5.74) is -6.00. The quantitative estimate of drug-likeness (QED) is 0.0416. The second kappa shape index (κ2) is 24.1. The second-order valence-corrected chi connectivity index (χ2v) is 25.8. The van der Waals surface area contributed by atoms with E-state index in [1.54, 1.807) is 13.8 Å². The highest BCUT2D eigenvalue weighted by molar-refractivity contribution is 5.87. The molecule has 1 aromatic heterocycles. The van der Waals surface area contributed by atoms with E-state index in [-0.39, 0.29) is 87.1 Å². The van der Waals surface area contributed by atoms with E-state index in [4.69, 9.17) is 23.7 Å². The van der Waals surface area contributed by atoms with Crippen LogP contribution in [0.5, 0.6) is 0 Å². The Labute approximate surface area is 436 Å². The lowest BCUT2D eigenvalue weighted by atomic mass is 9.62. The minimum atomic E-state index is -0.829. The molecule has 6 unspecified atom stereocenters. The van der Waals surface area contributed by atoms with Gasteiger partial charge in [0.25, 0.3) is 0 Å². The molecule has 4 rings (SSSR count). The van der Waals surface area contributed by atoms with Crippen LogP contribution in [0.15, 0.2) is 38.7 Å². The Morgan fingerprint density at radius 1 is 0.595 bits per heavy atom. The molecule has 20 heteroatoms. The average Bonchev–Trinajstić information content (AvgIpc) is 3.23. The second-order valence-electron chi connectivity index (χ2n) is 25.8. The molecular weight excluding hydrogens is 957 g/mol. The standard InChI is InChI=1S/C54H88N6O14/c1-35(2)40(62)70-19-21-72-42(64)55-32-52(13)28-39(27-50(9,10)29-52)60-46(68)58(33-53(14)25-37(23-48(5,6)30-53)56-43(65)73-22-20-71-41(63)36(3)4)45(67)59(47(60)69)34-54(15)26-38(24-49(7,8)31-54)57-44(66)74-51(11,12)17-16-18-61/h37-39,61H,1,3,16-34H2,2,4-15H3,(H,55,64)(H,56,65)(H,57,66). The lowest BCUT2D eigenvalue weighted by molar-refractivity contribution is -0.140. The summed E-state index contributed by atoms with van der Waals surface area (Å²) in [6, 6.07) is -1.52. The van der Waals surface area contributed by atoms with Gasteiger partial charge in [0.15, 0.2) is 0 Å². The topological polar surface area (TPSA) is 254 Å². The van der Waals surface area contributed by atoms with Crippen LogP contribution in [0.4, 0.5) is 14.4 Å². The minimum absolute atomic E-state index is 0.0349. The third-order valence-corrected chi connectivity index (χ3v) is 14.5. The molecule has 3 saturated carbocycles. The smallest absolute Gasteiger partial charge is 0.407 e. The number of esters is 2. The number of hydrogen-bond donors (Lipinski definition) is 4. The maximum Gasteiger partial charge on any atom is 0.407 e. The minimum Gasteiger partial charge on any atom is -0.459 e. The van der Waals surface area contributed by atoms with Gasteiger partial charge in [-0.15, -0.1) is 0 Å². The van der Waals surface area contributed by atoms with Gasteiger partial charge in [0.1, 0.15) is 32.0 Å². The molecule has 4 N–H and O–H groups in total. The Hall–Kier alpha value is -5.40. The lowest BCUT2D eigenvalue weighted by Gasteiger charge is -2.48. The first-order valence-corrected chi connectivity index (χ1v) is 26.1. The van der Waals surface area contributed by atoms with Crippen LogP contribution in [-0.4, -0.2) is 106 Å². The predicted molar refractivity (Wildman–Crippen MR) is 278 cm³/mol. The third-order valence-electron chi connectivity index (χ3n) is 14.5. The largest absolute Gasteiger partial charge is 0.459 e. The van der Waals surface area contributed by atoms with Crippen LogP contribution >= 0.6 is 0 Å². The molecule has 0 radical (unpaired) electrons. The Kier molecular flexibility index (Phi) is 19.9. The van der Waals surface area contributed by atoms with Crippen LogP contribution in [0.25, 0.3) is 0 Å². The summed E-state index contributed by atoms with van der Waals surface area (Å²) in [6.45, 7) is 31.3. The van der Waals surface area contributed by atoms with Crippen LogP contribution in [0, 0.1) is 32.5 Å². The van der Waals surface area contributed by atoms with E-state index in [0.717, 1.165) is 0 Å². The molecule has 418 valence electrons. The number of alkyl carbamates (subject to hydrolysis) is 3. The van der Waals surface area contributed by atoms with Crippen molar-refractivity contribution in [3.05, 3.63) is 55.8 Å². The maximum atomic E-state index is 15.3. The van der Waals surface area contributed by atoms with Gasteiger partial charge in [0, 0.05) is 55.5 Å². The van der Waals surface area contributed by atoms with E-state index in [1.807, 2.05) is 34.6 Å². The maximum absolute atomic E-state index is 15.3. The summed E-state index contributed by atoms with van der Waals surface area (Å²) in [6.07, 6.45) is 3.27. The van der Waals surface area contributed by atoms with Gasteiger partial charge in [-0.3, -0.25) is 0 Å². The zero-order valence-corrected chi connectivity index (χ0v) is 46.7. The van der Waals surface area contributed by atoms with Crippen molar-refractivity contribution in [3.63, 3.8) is 0 Å². The summed E-state index contributed by atoms with van der Waals surface area (Å²) in [5, 5.41) is 18.2. The fourth-order valence-electron chi connectivity index (χ4n) is 12.9. The number of hydrogen-bond acceptors (Lipinski definition) is 14. The molecule has 1 heterocycles. The summed E-state index contributed by atoms with van der Waals surface area (Å²) in [4.78, 5) is 109. The van der Waals surface area contributed by atoms with Gasteiger partial charge in [-0.2, -0.15) is 0 Å². The first kappa shape index (κ1) is 61.1. The average molecular weight is 1050 g/mol. The number of aromatic nitrogens is 3. The zero-order valence-electron chi connectivity index (χ0n) is 46.7. The van der Waals surface area contributed by atoms with E-state index in [0.29, 0.717) is 64.2 Å². The fourth-order valence-corrected chi connectivity index (χ4v) is 12.9. The highest BCUT2D eigenvalue weighted by Gasteiger charge is 2.47. The van der Waals surface area contributed by atoms with E-state index in [1.165, 1.54) is 27.5 Å². The molecule has 3 aliphatic carbocycles. The van der Waals surface area contributed by atoms with Crippen LogP contribution in [0.1, 0.15) is 167 Å². The van der Waals surface area contributed by atoms with E-state index >= 15 is 14.4 Å². The normalized spacial score (nSPS) is 26.1. The molecular formula is C54H88N6O14. The van der Waals surface area contributed by atoms with Gasteiger partial charge in [-0.25, -0.2) is 52.1 Å². The van der Waals surface area contributed by atoms with E-state index < -0.39 is 86.6 Å². The molecule has 3 fully saturated rings. The molecule has 0 spiro atoms. The first-order valence-electron chi connectivity index (χ1n) is 26.1. The fraction of sp³-hybridized carbons (Fsp3) is 0.778. The number of aliphatic hydroxyl groups is 1. The lowest BCUT2D eigenvalue weighted by Crippen LogP contribution is -2.60. The number of carbonyl (C=O) groups is 5. The van der Waals surface area contributed by atoms with Crippen LogP contribution < -0.4 is 33.0 Å². The number of aliphatic hydroxyl groups excluding tert-OH is 1. The molecule has 74 heavy (non-hydrogen) atoms.